The van der Waals surface area contributed by atoms with Crippen LogP contribution in [0.5, 0.6) is 0 Å². The van der Waals surface area contributed by atoms with Gasteiger partial charge >= 0.3 is 6.09 Å². The van der Waals surface area contributed by atoms with Gasteiger partial charge < -0.3 is 19.5 Å². The molecule has 7 heteroatoms. The van der Waals surface area contributed by atoms with Gasteiger partial charge in [0, 0.05) is 49.2 Å². The Balaban J connectivity index is 1.44. The third-order valence-electron chi connectivity index (χ3n) is 5.80. The molecule has 0 bridgehead atoms. The fourth-order valence-corrected chi connectivity index (χ4v) is 3.93. The number of aromatic nitrogens is 2. The van der Waals surface area contributed by atoms with Crippen LogP contribution in [0.15, 0.2) is 18.5 Å². The van der Waals surface area contributed by atoms with Crippen molar-refractivity contribution in [3.8, 4) is 0 Å². The van der Waals surface area contributed by atoms with Gasteiger partial charge in [0.05, 0.1) is 11.9 Å². The van der Waals surface area contributed by atoms with Gasteiger partial charge in [-0.2, -0.15) is 0 Å². The van der Waals surface area contributed by atoms with Crippen LogP contribution in [-0.2, 0) is 4.74 Å². The Hall–Kier alpha value is -2.57. The van der Waals surface area contributed by atoms with Gasteiger partial charge in [-0.3, -0.25) is 4.79 Å². The van der Waals surface area contributed by atoms with Crippen molar-refractivity contribution in [1.82, 2.24) is 14.9 Å². The van der Waals surface area contributed by atoms with Crippen LogP contribution in [0.2, 0.25) is 0 Å². The number of ether oxygens (including phenoxy) is 1. The lowest BCUT2D eigenvalue weighted by Gasteiger charge is -2.38. The summed E-state index contributed by atoms with van der Waals surface area (Å²) in [5, 5.41) is 0.900. The Bertz CT molecular complexity index is 918. The number of pyridine rings is 1. The molecule has 0 aromatic carbocycles. The van der Waals surface area contributed by atoms with Gasteiger partial charge in [-0.05, 0) is 52.5 Å². The molecule has 0 unspecified atom stereocenters. The van der Waals surface area contributed by atoms with Crippen molar-refractivity contribution in [2.45, 2.75) is 58.1 Å². The average Bonchev–Trinajstić information content (AvgIpc) is 3.45. The fourth-order valence-electron chi connectivity index (χ4n) is 3.93. The Morgan fingerprint density at radius 3 is 2.52 bits per heavy atom. The first-order valence-corrected chi connectivity index (χ1v) is 10.4. The van der Waals surface area contributed by atoms with Gasteiger partial charge in [-0.1, -0.05) is 0 Å². The van der Waals surface area contributed by atoms with Crippen molar-refractivity contribution in [2.24, 2.45) is 5.92 Å². The van der Waals surface area contributed by atoms with Crippen molar-refractivity contribution >= 4 is 28.6 Å². The molecule has 2 aromatic rings. The number of amides is 1. The Morgan fingerprint density at radius 1 is 1.21 bits per heavy atom. The summed E-state index contributed by atoms with van der Waals surface area (Å²) >= 11 is 0. The van der Waals surface area contributed by atoms with Crippen LogP contribution in [0.4, 0.5) is 10.5 Å². The molecule has 1 aliphatic carbocycles. The van der Waals surface area contributed by atoms with E-state index in [9.17, 15) is 9.59 Å². The zero-order valence-corrected chi connectivity index (χ0v) is 17.7. The predicted molar refractivity (Wildman–Crippen MR) is 112 cm³/mol. The topological polar surface area (TPSA) is 78.5 Å². The molecule has 7 nitrogen and oxygen atoms in total. The maximum atomic E-state index is 12.6. The molecule has 1 aliphatic heterocycles. The molecule has 1 saturated carbocycles. The van der Waals surface area contributed by atoms with Gasteiger partial charge in [0.1, 0.15) is 11.2 Å². The van der Waals surface area contributed by atoms with Crippen molar-refractivity contribution in [3.63, 3.8) is 0 Å². The molecule has 4 rings (SSSR count). The highest BCUT2D eigenvalue weighted by Gasteiger charge is 2.32. The monoisotopic (exact) mass is 398 g/mol. The number of piperidine rings is 1. The maximum absolute atomic E-state index is 12.6. The number of H-pyrrole nitrogens is 1. The molecule has 2 aromatic heterocycles. The molecule has 29 heavy (non-hydrogen) atoms. The van der Waals surface area contributed by atoms with Crippen LogP contribution < -0.4 is 4.90 Å². The number of anilines is 1. The quantitative estimate of drug-likeness (QED) is 0.788. The van der Waals surface area contributed by atoms with E-state index in [1.807, 2.05) is 27.0 Å². The number of aromatic amines is 1. The van der Waals surface area contributed by atoms with Gasteiger partial charge in [0.25, 0.3) is 0 Å². The smallest absolute Gasteiger partial charge is 0.410 e. The summed E-state index contributed by atoms with van der Waals surface area (Å²) in [7, 11) is 2.06. The van der Waals surface area contributed by atoms with Crippen LogP contribution in [-0.4, -0.2) is 58.5 Å². The Labute approximate surface area is 171 Å². The van der Waals surface area contributed by atoms with E-state index in [1.54, 1.807) is 11.1 Å². The Morgan fingerprint density at radius 2 is 1.90 bits per heavy atom. The number of hydrogen-bond donors (Lipinski definition) is 1. The summed E-state index contributed by atoms with van der Waals surface area (Å²) < 4.78 is 5.48. The number of nitrogens with one attached hydrogen (secondary N) is 1. The lowest BCUT2D eigenvalue weighted by molar-refractivity contribution is 0.0205. The summed E-state index contributed by atoms with van der Waals surface area (Å²) in [4.78, 5) is 36.5. The molecular formula is C22H30N4O3. The molecule has 1 amide bonds. The second-order valence-electron chi connectivity index (χ2n) is 9.24. The van der Waals surface area contributed by atoms with E-state index >= 15 is 0 Å². The highest BCUT2D eigenvalue weighted by molar-refractivity contribution is 6.09. The number of fused-ring (bicyclic) bond motifs is 1. The number of ketones is 1. The van der Waals surface area contributed by atoms with E-state index in [0.29, 0.717) is 19.1 Å². The summed E-state index contributed by atoms with van der Waals surface area (Å²) in [5.74, 6) is 0.413. The second-order valence-corrected chi connectivity index (χ2v) is 9.24. The molecule has 1 N–H and O–H groups in total. The largest absolute Gasteiger partial charge is 0.444 e. The van der Waals surface area contributed by atoms with E-state index in [-0.39, 0.29) is 17.8 Å². The van der Waals surface area contributed by atoms with Crippen molar-refractivity contribution in [3.05, 3.63) is 24.0 Å². The van der Waals surface area contributed by atoms with Crippen LogP contribution in [0.25, 0.3) is 11.0 Å². The molecule has 0 spiro atoms. The number of rotatable bonds is 4. The minimum absolute atomic E-state index is 0.188. The number of Topliss-reactive ketones (excluding diaryl/α,β-unsaturated/α-hetero) is 1. The van der Waals surface area contributed by atoms with E-state index in [2.05, 4.69) is 28.0 Å². The van der Waals surface area contributed by atoms with E-state index < -0.39 is 5.60 Å². The molecule has 1 saturated heterocycles. The predicted octanol–water partition coefficient (Wildman–Crippen LogP) is 3.99. The molecule has 156 valence electrons. The van der Waals surface area contributed by atoms with Gasteiger partial charge in [0.2, 0.25) is 0 Å². The summed E-state index contributed by atoms with van der Waals surface area (Å²) in [6.07, 6.45) is 7.14. The number of carbonyl (C=O) groups is 2. The lowest BCUT2D eigenvalue weighted by atomic mass is 10.0. The Kier molecular flexibility index (Phi) is 5.00. The lowest BCUT2D eigenvalue weighted by Crippen LogP contribution is -2.47. The average molecular weight is 399 g/mol. The third-order valence-corrected chi connectivity index (χ3v) is 5.80. The summed E-state index contributed by atoms with van der Waals surface area (Å²) in [5.41, 5.74) is 2.03. The minimum atomic E-state index is -0.474. The second kappa shape index (κ2) is 7.35. The number of likely N-dealkylation sites (tertiary alicyclic amines) is 1. The van der Waals surface area contributed by atoms with Crippen LogP contribution in [0.3, 0.4) is 0 Å². The normalized spacial score (nSPS) is 18.1. The van der Waals surface area contributed by atoms with Crippen LogP contribution >= 0.6 is 0 Å². The summed E-state index contributed by atoms with van der Waals surface area (Å²) in [6.45, 7) is 7.01. The van der Waals surface area contributed by atoms with Gasteiger partial charge in [-0.25, -0.2) is 9.78 Å². The van der Waals surface area contributed by atoms with E-state index in [0.717, 1.165) is 48.0 Å². The number of carbonyl (C=O) groups excluding carboxylic acids is 2. The summed E-state index contributed by atoms with van der Waals surface area (Å²) in [6, 6.07) is 2.38. The standard InChI is InChI=1S/C22H30N4O3/c1-22(2,3)29-21(28)26-9-7-15(8-10-26)25(4)16-11-17-18(19(27)14-5-6-14)13-24-20(17)23-12-16/h11-15H,5-10H2,1-4H3,(H,23,24). The number of hydrogen-bond acceptors (Lipinski definition) is 5. The van der Waals surface area contributed by atoms with Crippen LogP contribution in [0.1, 0.15) is 56.8 Å². The SMILES string of the molecule is CN(c1cnc2[nH]cc(C(=O)C3CC3)c2c1)C1CCN(C(=O)OC(C)(C)C)CC1. The zero-order valence-electron chi connectivity index (χ0n) is 17.7. The zero-order chi connectivity index (χ0) is 20.8. The third kappa shape index (κ3) is 4.23. The molecule has 2 fully saturated rings. The molecule has 0 atom stereocenters. The number of nitrogens with zero attached hydrogens (tertiary/aromatic N) is 3. The fraction of sp³-hybridized carbons (Fsp3) is 0.591. The van der Waals surface area contributed by atoms with Gasteiger partial charge in [0.15, 0.2) is 5.78 Å². The highest BCUT2D eigenvalue weighted by atomic mass is 16.6. The van der Waals surface area contributed by atoms with Crippen molar-refractivity contribution in [1.29, 1.82) is 0 Å². The van der Waals surface area contributed by atoms with E-state index in [1.165, 1.54) is 0 Å². The molecule has 2 aliphatic rings. The molecular weight excluding hydrogens is 368 g/mol. The first-order valence-electron chi connectivity index (χ1n) is 10.4. The molecule has 3 heterocycles. The molecule has 0 radical (unpaired) electrons. The highest BCUT2D eigenvalue weighted by Crippen LogP contribution is 2.35. The van der Waals surface area contributed by atoms with Crippen LogP contribution in [0, 0.1) is 5.92 Å². The maximum Gasteiger partial charge on any atom is 0.410 e. The first-order chi connectivity index (χ1) is 13.7. The van der Waals surface area contributed by atoms with E-state index in [4.69, 9.17) is 4.74 Å². The van der Waals surface area contributed by atoms with Gasteiger partial charge in [-0.15, -0.1) is 0 Å². The first kappa shape index (κ1) is 19.7. The van der Waals surface area contributed by atoms with Crippen molar-refractivity contribution in [2.75, 3.05) is 25.0 Å². The minimum Gasteiger partial charge on any atom is -0.444 e. The van der Waals surface area contributed by atoms with Crippen molar-refractivity contribution < 1.29 is 14.3 Å².